The smallest absolute Gasteiger partial charge is 0.373 e. The number of benzene rings is 1. The van der Waals surface area contributed by atoms with E-state index in [1.54, 1.807) is 30.3 Å². The molecule has 1 aromatic heterocycles. The molecule has 0 aliphatic heterocycles. The molecule has 108 valence electrons. The molecule has 0 aliphatic rings. The molecule has 0 fully saturated rings. The zero-order chi connectivity index (χ0) is 15.2. The van der Waals surface area contributed by atoms with Crippen LogP contribution in [0.3, 0.4) is 0 Å². The Kier molecular flexibility index (Phi) is 4.45. The van der Waals surface area contributed by atoms with Crippen LogP contribution in [-0.4, -0.2) is 40.7 Å². The summed E-state index contributed by atoms with van der Waals surface area (Å²) >= 11 is 0. The van der Waals surface area contributed by atoms with E-state index in [0.29, 0.717) is 17.0 Å². The van der Waals surface area contributed by atoms with Gasteiger partial charge in [0.2, 0.25) is 5.82 Å². The third-order valence-electron chi connectivity index (χ3n) is 2.58. The molecule has 0 aliphatic carbocycles. The van der Waals surface area contributed by atoms with Crippen LogP contribution in [-0.2, 0) is 9.53 Å². The van der Waals surface area contributed by atoms with Crippen LogP contribution in [0.1, 0.15) is 10.6 Å². The predicted molar refractivity (Wildman–Crippen MR) is 71.9 cm³/mol. The van der Waals surface area contributed by atoms with Crippen LogP contribution in [0.4, 0.5) is 0 Å². The minimum absolute atomic E-state index is 0.246. The molecule has 1 N–H and O–H groups in total. The molecule has 0 amide bonds. The van der Waals surface area contributed by atoms with E-state index in [1.165, 1.54) is 13.3 Å². The summed E-state index contributed by atoms with van der Waals surface area (Å²) in [5, 5.41) is 8.92. The molecule has 7 nitrogen and oxygen atoms in total. The molecule has 0 spiro atoms. The summed E-state index contributed by atoms with van der Waals surface area (Å²) < 4.78 is 9.86. The lowest BCUT2D eigenvalue weighted by Gasteiger charge is -2.10. The van der Waals surface area contributed by atoms with E-state index in [2.05, 4.69) is 14.7 Å². The van der Waals surface area contributed by atoms with E-state index in [1.807, 2.05) is 0 Å². The maximum atomic E-state index is 11.1. The van der Waals surface area contributed by atoms with Crippen LogP contribution < -0.4 is 4.74 Å². The molecule has 2 aromatic rings. The quantitative estimate of drug-likeness (QED) is 0.830. The van der Waals surface area contributed by atoms with E-state index in [0.717, 1.165) is 0 Å². The molecular weight excluding hydrogens is 276 g/mol. The fourth-order valence-corrected chi connectivity index (χ4v) is 1.61. The molecule has 0 unspecified atom stereocenters. The van der Waals surface area contributed by atoms with E-state index >= 15 is 0 Å². The number of carboxylic acid groups (broad SMARTS) is 1. The number of ether oxygens (including phenoxy) is 2. The van der Waals surface area contributed by atoms with Crippen molar-refractivity contribution >= 4 is 11.9 Å². The van der Waals surface area contributed by atoms with Crippen LogP contribution in [0.25, 0.3) is 11.3 Å². The van der Waals surface area contributed by atoms with Gasteiger partial charge in [-0.1, -0.05) is 12.1 Å². The Morgan fingerprint density at radius 3 is 2.71 bits per heavy atom. The number of carbonyl (C=O) groups is 2. The molecular formula is C14H12N2O5. The number of hydrogen-bond donors (Lipinski definition) is 1. The van der Waals surface area contributed by atoms with Gasteiger partial charge in [0.05, 0.1) is 12.8 Å². The third kappa shape index (κ3) is 3.53. The van der Waals surface area contributed by atoms with Gasteiger partial charge in [-0.25, -0.2) is 19.6 Å². The zero-order valence-electron chi connectivity index (χ0n) is 11.1. The number of para-hydroxylation sites is 1. The van der Waals surface area contributed by atoms with Gasteiger partial charge in [-0.3, -0.25) is 0 Å². The number of carboxylic acids is 1. The zero-order valence-corrected chi connectivity index (χ0v) is 11.1. The summed E-state index contributed by atoms with van der Waals surface area (Å²) in [6, 6.07) is 8.41. The lowest BCUT2D eigenvalue weighted by Crippen LogP contribution is -2.13. The molecule has 0 saturated heterocycles. The fourth-order valence-electron chi connectivity index (χ4n) is 1.61. The van der Waals surface area contributed by atoms with E-state index in [4.69, 9.17) is 9.84 Å². The number of aromatic carboxylic acids is 1. The number of methoxy groups -OCH3 is 1. The fraction of sp³-hybridized carbons (Fsp3) is 0.143. The van der Waals surface area contributed by atoms with Gasteiger partial charge in [0.1, 0.15) is 5.75 Å². The standard InChI is InChI=1S/C14H12N2O5/c1-20-12(17)8-21-11-5-3-2-4-9(11)10-6-7-15-13(16-10)14(18)19/h2-7H,8H2,1H3,(H,18,19). The molecule has 21 heavy (non-hydrogen) atoms. The highest BCUT2D eigenvalue weighted by atomic mass is 16.6. The third-order valence-corrected chi connectivity index (χ3v) is 2.58. The van der Waals surface area contributed by atoms with Crippen molar-refractivity contribution in [3.05, 3.63) is 42.4 Å². The number of aromatic nitrogens is 2. The Hall–Kier alpha value is -2.96. The highest BCUT2D eigenvalue weighted by Gasteiger charge is 2.12. The normalized spacial score (nSPS) is 9.95. The SMILES string of the molecule is COC(=O)COc1ccccc1-c1ccnc(C(=O)O)n1. The Morgan fingerprint density at radius 2 is 2.00 bits per heavy atom. The maximum Gasteiger partial charge on any atom is 0.373 e. The van der Waals surface area contributed by atoms with Gasteiger partial charge in [0.15, 0.2) is 6.61 Å². The first-order chi connectivity index (χ1) is 10.1. The first-order valence-electron chi connectivity index (χ1n) is 5.97. The summed E-state index contributed by atoms with van der Waals surface area (Å²) in [5.41, 5.74) is 0.953. The van der Waals surface area contributed by atoms with Crippen LogP contribution in [0.5, 0.6) is 5.75 Å². The second-order valence-electron chi connectivity index (χ2n) is 3.93. The van der Waals surface area contributed by atoms with Crippen molar-refractivity contribution in [3.63, 3.8) is 0 Å². The highest BCUT2D eigenvalue weighted by molar-refractivity contribution is 5.84. The first kappa shape index (κ1) is 14.4. The van der Waals surface area contributed by atoms with Gasteiger partial charge in [-0.05, 0) is 18.2 Å². The second kappa shape index (κ2) is 6.47. The second-order valence-corrected chi connectivity index (χ2v) is 3.93. The van der Waals surface area contributed by atoms with Crippen LogP contribution in [0, 0.1) is 0 Å². The minimum Gasteiger partial charge on any atom is -0.481 e. The van der Waals surface area contributed by atoms with Crippen molar-refractivity contribution in [3.8, 4) is 17.0 Å². The maximum absolute atomic E-state index is 11.1. The van der Waals surface area contributed by atoms with Crippen molar-refractivity contribution < 1.29 is 24.2 Å². The summed E-state index contributed by atoms with van der Waals surface area (Å²) in [7, 11) is 1.27. The summed E-state index contributed by atoms with van der Waals surface area (Å²) in [4.78, 5) is 29.6. The molecule has 1 heterocycles. The van der Waals surface area contributed by atoms with Gasteiger partial charge in [-0.2, -0.15) is 0 Å². The van der Waals surface area contributed by atoms with Gasteiger partial charge in [0, 0.05) is 11.8 Å². The first-order valence-corrected chi connectivity index (χ1v) is 5.97. The number of hydrogen-bond acceptors (Lipinski definition) is 6. The van der Waals surface area contributed by atoms with Crippen molar-refractivity contribution in [2.24, 2.45) is 0 Å². The molecule has 7 heteroatoms. The van der Waals surface area contributed by atoms with Gasteiger partial charge >= 0.3 is 11.9 Å². The van der Waals surface area contributed by atoms with Gasteiger partial charge in [0.25, 0.3) is 0 Å². The topological polar surface area (TPSA) is 98.6 Å². The predicted octanol–water partition coefficient (Wildman–Crippen LogP) is 1.39. The van der Waals surface area contributed by atoms with Crippen molar-refractivity contribution in [2.45, 2.75) is 0 Å². The molecule has 0 saturated carbocycles. The largest absolute Gasteiger partial charge is 0.481 e. The molecule has 0 radical (unpaired) electrons. The van der Waals surface area contributed by atoms with Crippen molar-refractivity contribution in [1.29, 1.82) is 0 Å². The summed E-state index contributed by atoms with van der Waals surface area (Å²) in [6.07, 6.45) is 1.35. The van der Waals surface area contributed by atoms with Crippen LogP contribution in [0.15, 0.2) is 36.5 Å². The molecule has 2 rings (SSSR count). The van der Waals surface area contributed by atoms with Gasteiger partial charge < -0.3 is 14.6 Å². The van der Waals surface area contributed by atoms with E-state index in [9.17, 15) is 9.59 Å². The summed E-state index contributed by atoms with van der Waals surface area (Å²) in [5.74, 6) is -1.64. The lowest BCUT2D eigenvalue weighted by molar-refractivity contribution is -0.142. The average molecular weight is 288 g/mol. The molecule has 0 atom stereocenters. The van der Waals surface area contributed by atoms with Gasteiger partial charge in [-0.15, -0.1) is 0 Å². The monoisotopic (exact) mass is 288 g/mol. The highest BCUT2D eigenvalue weighted by Crippen LogP contribution is 2.28. The Balaban J connectivity index is 2.33. The Labute approximate surface area is 120 Å². The number of rotatable bonds is 5. The lowest BCUT2D eigenvalue weighted by atomic mass is 10.1. The van der Waals surface area contributed by atoms with E-state index in [-0.39, 0.29) is 12.4 Å². The average Bonchev–Trinajstić information content (AvgIpc) is 2.53. The minimum atomic E-state index is -1.22. The summed E-state index contributed by atoms with van der Waals surface area (Å²) in [6.45, 7) is -0.246. The molecule has 0 bridgehead atoms. The van der Waals surface area contributed by atoms with Crippen molar-refractivity contribution in [1.82, 2.24) is 9.97 Å². The Bertz CT molecular complexity index is 672. The number of esters is 1. The number of nitrogens with zero attached hydrogens (tertiary/aromatic N) is 2. The van der Waals surface area contributed by atoms with Crippen LogP contribution in [0.2, 0.25) is 0 Å². The van der Waals surface area contributed by atoms with Crippen molar-refractivity contribution in [2.75, 3.05) is 13.7 Å². The van der Waals surface area contributed by atoms with E-state index < -0.39 is 11.9 Å². The van der Waals surface area contributed by atoms with Crippen LogP contribution >= 0.6 is 0 Å². The Morgan fingerprint density at radius 1 is 1.24 bits per heavy atom. The number of carbonyl (C=O) groups excluding carboxylic acids is 1. The molecule has 1 aromatic carbocycles.